The highest BCUT2D eigenvalue weighted by atomic mass is 32.1. The number of nitrogens with zero attached hydrogens (tertiary/aromatic N) is 6. The van der Waals surface area contributed by atoms with E-state index in [4.69, 9.17) is 0 Å². The van der Waals surface area contributed by atoms with Crippen LogP contribution in [0.25, 0.3) is 0 Å². The molecule has 1 N–H and O–H groups in total. The van der Waals surface area contributed by atoms with Crippen molar-refractivity contribution in [3.63, 3.8) is 0 Å². The quantitative estimate of drug-likeness (QED) is 0.484. The van der Waals surface area contributed by atoms with E-state index in [2.05, 4.69) is 20.3 Å². The van der Waals surface area contributed by atoms with Crippen molar-refractivity contribution in [3.05, 3.63) is 57.1 Å². The number of nitrogens with one attached hydrogen (secondary N) is 1. The molecule has 1 aliphatic heterocycles. The number of thiazole rings is 1. The van der Waals surface area contributed by atoms with Crippen LogP contribution in [-0.4, -0.2) is 46.1 Å². The first-order valence-electron chi connectivity index (χ1n) is 9.39. The number of anilines is 4. The van der Waals surface area contributed by atoms with Gasteiger partial charge in [-0.25, -0.2) is 19.3 Å². The van der Waals surface area contributed by atoms with Crippen molar-refractivity contribution >= 4 is 39.5 Å². The van der Waals surface area contributed by atoms with E-state index >= 15 is 0 Å². The first-order chi connectivity index (χ1) is 14.4. The van der Waals surface area contributed by atoms with Gasteiger partial charge in [0.05, 0.1) is 16.3 Å². The van der Waals surface area contributed by atoms with Gasteiger partial charge >= 0.3 is 5.69 Å². The molecule has 1 saturated heterocycles. The summed E-state index contributed by atoms with van der Waals surface area (Å²) in [7, 11) is 0. The third kappa shape index (κ3) is 3.88. The zero-order chi connectivity index (χ0) is 21.3. The summed E-state index contributed by atoms with van der Waals surface area (Å²) in [6.45, 7) is 5.81. The SMILES string of the molecule is Cc1nc(Nc2ncnc(N3CCN(c4ccccc4F)CC3)c2[N+](=O)[O-])sc1C. The van der Waals surface area contributed by atoms with Crippen LogP contribution in [0.3, 0.4) is 0 Å². The van der Waals surface area contributed by atoms with Gasteiger partial charge in [-0.3, -0.25) is 10.1 Å². The van der Waals surface area contributed by atoms with Gasteiger partial charge in [0.2, 0.25) is 11.6 Å². The second-order valence-corrected chi connectivity index (χ2v) is 8.07. The van der Waals surface area contributed by atoms with Crippen LogP contribution >= 0.6 is 11.3 Å². The summed E-state index contributed by atoms with van der Waals surface area (Å²) >= 11 is 1.41. The molecule has 9 nitrogen and oxygen atoms in total. The van der Waals surface area contributed by atoms with E-state index < -0.39 is 4.92 Å². The van der Waals surface area contributed by atoms with Crippen LogP contribution in [0.1, 0.15) is 10.6 Å². The fourth-order valence-corrected chi connectivity index (χ4v) is 4.17. The molecule has 0 saturated carbocycles. The minimum Gasteiger partial charge on any atom is -0.366 e. The molecule has 11 heteroatoms. The Balaban J connectivity index is 1.57. The Labute approximate surface area is 176 Å². The van der Waals surface area contributed by atoms with Crippen LogP contribution in [-0.2, 0) is 0 Å². The highest BCUT2D eigenvalue weighted by molar-refractivity contribution is 7.15. The summed E-state index contributed by atoms with van der Waals surface area (Å²) in [5.41, 5.74) is 1.21. The lowest BCUT2D eigenvalue weighted by molar-refractivity contribution is -0.383. The maximum absolute atomic E-state index is 14.1. The number of para-hydroxylation sites is 1. The molecule has 2 aromatic heterocycles. The highest BCUT2D eigenvalue weighted by Gasteiger charge is 2.30. The zero-order valence-electron chi connectivity index (χ0n) is 16.5. The molecule has 0 amide bonds. The largest absolute Gasteiger partial charge is 0.366 e. The maximum Gasteiger partial charge on any atom is 0.353 e. The molecular weight excluding hydrogens is 409 g/mol. The van der Waals surface area contributed by atoms with Crippen molar-refractivity contribution in [2.24, 2.45) is 0 Å². The van der Waals surface area contributed by atoms with E-state index in [0.717, 1.165) is 10.6 Å². The predicted octanol–water partition coefficient (Wildman–Crippen LogP) is 3.67. The normalized spacial score (nSPS) is 14.1. The Morgan fingerprint density at radius 3 is 2.47 bits per heavy atom. The van der Waals surface area contributed by atoms with Crippen molar-refractivity contribution in [1.29, 1.82) is 0 Å². The van der Waals surface area contributed by atoms with E-state index in [9.17, 15) is 14.5 Å². The molecule has 0 aliphatic carbocycles. The third-order valence-electron chi connectivity index (χ3n) is 5.01. The van der Waals surface area contributed by atoms with Crippen molar-refractivity contribution in [2.75, 3.05) is 41.3 Å². The summed E-state index contributed by atoms with van der Waals surface area (Å²) in [5.74, 6) is 0.0745. The van der Waals surface area contributed by atoms with E-state index in [1.807, 2.05) is 23.6 Å². The second-order valence-electron chi connectivity index (χ2n) is 6.86. The molecule has 1 fully saturated rings. The van der Waals surface area contributed by atoms with Gasteiger partial charge in [-0.15, -0.1) is 11.3 Å². The predicted molar refractivity (Wildman–Crippen MR) is 114 cm³/mol. The number of nitro groups is 1. The number of rotatable bonds is 5. The van der Waals surface area contributed by atoms with Gasteiger partial charge in [0, 0.05) is 31.1 Å². The molecule has 156 valence electrons. The number of benzene rings is 1. The molecule has 4 rings (SSSR count). The fraction of sp³-hybridized carbons (Fsp3) is 0.316. The number of aryl methyl sites for hydroxylation is 2. The Morgan fingerprint density at radius 1 is 1.13 bits per heavy atom. The van der Waals surface area contributed by atoms with Crippen molar-refractivity contribution in [3.8, 4) is 0 Å². The molecule has 0 atom stereocenters. The molecule has 1 aliphatic rings. The van der Waals surface area contributed by atoms with Crippen LogP contribution in [0.5, 0.6) is 0 Å². The summed E-state index contributed by atoms with van der Waals surface area (Å²) in [5, 5.41) is 15.4. The topological polar surface area (TPSA) is 100 Å². The summed E-state index contributed by atoms with van der Waals surface area (Å²) < 4.78 is 14.1. The first-order valence-corrected chi connectivity index (χ1v) is 10.2. The van der Waals surface area contributed by atoms with Crippen LogP contribution in [0, 0.1) is 29.8 Å². The molecule has 0 spiro atoms. The fourth-order valence-electron chi connectivity index (χ4n) is 3.36. The maximum atomic E-state index is 14.1. The molecule has 3 aromatic rings. The number of hydrogen-bond donors (Lipinski definition) is 1. The average molecular weight is 429 g/mol. The van der Waals surface area contributed by atoms with Crippen LogP contribution < -0.4 is 15.1 Å². The molecule has 0 unspecified atom stereocenters. The van der Waals surface area contributed by atoms with Crippen LogP contribution in [0.15, 0.2) is 30.6 Å². The molecular formula is C19H20FN7O2S. The Bertz CT molecular complexity index is 1060. The Morgan fingerprint density at radius 2 is 1.83 bits per heavy atom. The molecule has 0 radical (unpaired) electrons. The summed E-state index contributed by atoms with van der Waals surface area (Å²) in [6.07, 6.45) is 1.31. The zero-order valence-corrected chi connectivity index (χ0v) is 17.3. The van der Waals surface area contributed by atoms with Crippen molar-refractivity contribution < 1.29 is 9.31 Å². The summed E-state index contributed by atoms with van der Waals surface area (Å²) in [4.78, 5) is 28.8. The second kappa shape index (κ2) is 8.19. The van der Waals surface area contributed by atoms with Gasteiger partial charge in [-0.05, 0) is 26.0 Å². The van der Waals surface area contributed by atoms with Gasteiger partial charge in [0.1, 0.15) is 12.1 Å². The lowest BCUT2D eigenvalue weighted by atomic mass is 10.2. The number of hydrogen-bond acceptors (Lipinski definition) is 9. The third-order valence-corrected chi connectivity index (χ3v) is 6.00. The Hall–Kier alpha value is -3.34. The van der Waals surface area contributed by atoms with Gasteiger partial charge in [0.25, 0.3) is 0 Å². The number of aromatic nitrogens is 3. The van der Waals surface area contributed by atoms with Gasteiger partial charge in [0.15, 0.2) is 5.13 Å². The lowest BCUT2D eigenvalue weighted by Crippen LogP contribution is -2.47. The van der Waals surface area contributed by atoms with Crippen LogP contribution in [0.2, 0.25) is 0 Å². The number of piperazine rings is 1. The minimum atomic E-state index is -0.478. The van der Waals surface area contributed by atoms with Gasteiger partial charge in [-0.1, -0.05) is 12.1 Å². The molecule has 30 heavy (non-hydrogen) atoms. The van der Waals surface area contributed by atoms with Crippen molar-refractivity contribution in [2.45, 2.75) is 13.8 Å². The lowest BCUT2D eigenvalue weighted by Gasteiger charge is -2.36. The van der Waals surface area contributed by atoms with E-state index in [0.29, 0.717) is 37.0 Å². The van der Waals surface area contributed by atoms with E-state index in [1.54, 1.807) is 18.2 Å². The standard InChI is InChI=1S/C19H20FN7O2S/c1-12-13(2)30-19(23-12)24-17-16(27(28)29)18(22-11-21-17)26-9-7-25(8-10-26)15-6-4-3-5-14(15)20/h3-6,11H,7-10H2,1-2H3,(H,21,22,23,24). The van der Waals surface area contributed by atoms with Crippen molar-refractivity contribution in [1.82, 2.24) is 15.0 Å². The smallest absolute Gasteiger partial charge is 0.353 e. The molecule has 3 heterocycles. The number of halogens is 1. The van der Waals surface area contributed by atoms with E-state index in [1.165, 1.54) is 23.7 Å². The average Bonchev–Trinajstić information content (AvgIpc) is 3.05. The van der Waals surface area contributed by atoms with Gasteiger partial charge < -0.3 is 15.1 Å². The first kappa shape index (κ1) is 20.0. The van der Waals surface area contributed by atoms with E-state index in [-0.39, 0.29) is 23.1 Å². The van der Waals surface area contributed by atoms with Crippen LogP contribution in [0.4, 0.5) is 32.5 Å². The molecule has 1 aromatic carbocycles. The minimum absolute atomic E-state index is 0.107. The molecule has 0 bridgehead atoms. The van der Waals surface area contributed by atoms with Gasteiger partial charge in [-0.2, -0.15) is 0 Å². The highest BCUT2D eigenvalue weighted by Crippen LogP contribution is 2.35. The summed E-state index contributed by atoms with van der Waals surface area (Å²) in [6, 6.07) is 6.61. The Kier molecular flexibility index (Phi) is 5.44. The monoisotopic (exact) mass is 429 g/mol.